The van der Waals surface area contributed by atoms with Crippen molar-refractivity contribution in [3.63, 3.8) is 0 Å². The van der Waals surface area contributed by atoms with Crippen LogP contribution < -0.4 is 11.2 Å². The summed E-state index contributed by atoms with van der Waals surface area (Å²) in [6.07, 6.45) is 3.38. The van der Waals surface area contributed by atoms with Crippen molar-refractivity contribution in [1.29, 1.82) is 0 Å². The molecule has 0 unspecified atom stereocenters. The van der Waals surface area contributed by atoms with Crippen LogP contribution in [0.3, 0.4) is 0 Å². The fourth-order valence-corrected chi connectivity index (χ4v) is 1.93. The molecule has 1 heterocycles. The Bertz CT molecular complexity index is 597. The Kier molecular flexibility index (Phi) is 3.65. The average molecular weight is 309 g/mol. The Hall–Kier alpha value is -1.53. The van der Waals surface area contributed by atoms with Gasteiger partial charge in [-0.15, -0.1) is 0 Å². The second-order valence-corrected chi connectivity index (χ2v) is 4.56. The summed E-state index contributed by atoms with van der Waals surface area (Å²) in [6.45, 7) is 0. The Morgan fingerprint density at radius 3 is 3.06 bits per heavy atom. The summed E-state index contributed by atoms with van der Waals surface area (Å²) in [5, 5.41) is 5.09. The number of nitrogens with zero attached hydrogens (tertiary/aromatic N) is 2. The van der Waals surface area contributed by atoms with Gasteiger partial charge in [0.05, 0.1) is 11.7 Å². The number of hydrogen-bond donors (Lipinski definition) is 2. The molecule has 0 spiro atoms. The maximum absolute atomic E-state index is 5.28. The van der Waals surface area contributed by atoms with Crippen LogP contribution in [0, 0.1) is 0 Å². The molecule has 17 heavy (non-hydrogen) atoms. The quantitative estimate of drug-likeness (QED) is 0.507. The van der Waals surface area contributed by atoms with Crippen LogP contribution in [0.15, 0.2) is 40.0 Å². The van der Waals surface area contributed by atoms with E-state index in [2.05, 4.69) is 43.7 Å². The van der Waals surface area contributed by atoms with E-state index in [0.717, 1.165) is 20.9 Å². The fourth-order valence-electron chi connectivity index (χ4n) is 1.43. The average Bonchev–Trinajstić information content (AvgIpc) is 2.32. The van der Waals surface area contributed by atoms with Gasteiger partial charge < -0.3 is 5.73 Å². The lowest BCUT2D eigenvalue weighted by atomic mass is 10.1. The molecule has 0 aliphatic rings. The number of pyridine rings is 1. The van der Waals surface area contributed by atoms with Gasteiger partial charge in [0.1, 0.15) is 0 Å². The highest BCUT2D eigenvalue weighted by molar-refractivity contribution is 9.10. The highest BCUT2D eigenvalue weighted by atomic mass is 79.9. The first kappa shape index (κ1) is 11.9. The molecule has 86 valence electrons. The SMILES string of the molecule is NC(=S)N/N=C/c1ccc(Br)c2cccnc12. The Balaban J connectivity index is 2.45. The zero-order valence-corrected chi connectivity index (χ0v) is 11.1. The molecule has 6 heteroatoms. The van der Waals surface area contributed by atoms with Crippen LogP contribution in [0.25, 0.3) is 10.9 Å². The van der Waals surface area contributed by atoms with E-state index >= 15 is 0 Å². The molecule has 0 aliphatic carbocycles. The molecule has 0 bridgehead atoms. The standard InChI is InChI=1S/C11H9BrN4S/c12-9-4-3-7(6-15-16-11(13)17)10-8(9)2-1-5-14-10/h1-6H,(H3,13,16,17)/b15-6+. The van der Waals surface area contributed by atoms with Gasteiger partial charge in [0.25, 0.3) is 0 Å². The molecule has 2 rings (SSSR count). The van der Waals surface area contributed by atoms with Crippen LogP contribution in [0.2, 0.25) is 0 Å². The molecule has 0 saturated carbocycles. The first-order valence-electron chi connectivity index (χ1n) is 4.80. The van der Waals surface area contributed by atoms with Gasteiger partial charge >= 0.3 is 0 Å². The van der Waals surface area contributed by atoms with Crippen molar-refractivity contribution in [2.45, 2.75) is 0 Å². The zero-order valence-electron chi connectivity index (χ0n) is 8.72. The van der Waals surface area contributed by atoms with Crippen LogP contribution in [-0.2, 0) is 0 Å². The van der Waals surface area contributed by atoms with Crippen molar-refractivity contribution >= 4 is 50.4 Å². The number of fused-ring (bicyclic) bond motifs is 1. The molecule has 1 aromatic heterocycles. The number of nitrogens with two attached hydrogens (primary N) is 1. The van der Waals surface area contributed by atoms with E-state index < -0.39 is 0 Å². The smallest absolute Gasteiger partial charge is 0.184 e. The first-order chi connectivity index (χ1) is 8.18. The topological polar surface area (TPSA) is 63.3 Å². The Morgan fingerprint density at radius 2 is 2.29 bits per heavy atom. The van der Waals surface area contributed by atoms with Crippen LogP contribution in [0.5, 0.6) is 0 Å². The monoisotopic (exact) mass is 308 g/mol. The third-order valence-corrected chi connectivity index (χ3v) is 2.91. The van der Waals surface area contributed by atoms with Gasteiger partial charge in [0, 0.05) is 21.6 Å². The number of hydrogen-bond acceptors (Lipinski definition) is 3. The van der Waals surface area contributed by atoms with Crippen molar-refractivity contribution in [2.75, 3.05) is 0 Å². The second-order valence-electron chi connectivity index (χ2n) is 3.27. The maximum atomic E-state index is 5.28. The van der Waals surface area contributed by atoms with Gasteiger partial charge in [-0.3, -0.25) is 10.4 Å². The van der Waals surface area contributed by atoms with Gasteiger partial charge in [-0.2, -0.15) is 5.10 Å². The lowest BCUT2D eigenvalue weighted by molar-refractivity contribution is 1.04. The first-order valence-corrected chi connectivity index (χ1v) is 6.00. The number of nitrogens with one attached hydrogen (secondary N) is 1. The molecule has 0 amide bonds. The summed E-state index contributed by atoms with van der Waals surface area (Å²) in [5.41, 5.74) is 9.56. The highest BCUT2D eigenvalue weighted by Gasteiger charge is 2.03. The van der Waals surface area contributed by atoms with Gasteiger partial charge in [-0.05, 0) is 24.4 Å². The number of halogens is 1. The Morgan fingerprint density at radius 1 is 1.47 bits per heavy atom. The number of benzene rings is 1. The summed E-state index contributed by atoms with van der Waals surface area (Å²) < 4.78 is 1.00. The number of hydrazone groups is 1. The van der Waals surface area contributed by atoms with Crippen molar-refractivity contribution in [3.8, 4) is 0 Å². The minimum absolute atomic E-state index is 0.135. The van der Waals surface area contributed by atoms with Crippen molar-refractivity contribution in [3.05, 3.63) is 40.5 Å². The second kappa shape index (κ2) is 5.20. The molecule has 1 aromatic carbocycles. The normalized spacial score (nSPS) is 10.9. The largest absolute Gasteiger partial charge is 0.375 e. The van der Waals surface area contributed by atoms with E-state index in [0.29, 0.717) is 0 Å². The molecule has 3 N–H and O–H groups in total. The van der Waals surface area contributed by atoms with Crippen LogP contribution in [0.1, 0.15) is 5.56 Å². The molecule has 0 aliphatic heterocycles. The van der Waals surface area contributed by atoms with Crippen LogP contribution in [-0.4, -0.2) is 16.3 Å². The summed E-state index contributed by atoms with van der Waals surface area (Å²) in [5.74, 6) is 0. The number of rotatable bonds is 2. The van der Waals surface area contributed by atoms with E-state index in [9.17, 15) is 0 Å². The molecule has 4 nitrogen and oxygen atoms in total. The molecule has 0 fully saturated rings. The van der Waals surface area contributed by atoms with E-state index in [4.69, 9.17) is 5.73 Å². The lowest BCUT2D eigenvalue weighted by Crippen LogP contribution is -2.24. The van der Waals surface area contributed by atoms with Gasteiger partial charge in [-0.25, -0.2) is 0 Å². The highest BCUT2D eigenvalue weighted by Crippen LogP contribution is 2.24. The number of aromatic nitrogens is 1. The lowest BCUT2D eigenvalue weighted by Gasteiger charge is -2.03. The van der Waals surface area contributed by atoms with Crippen molar-refractivity contribution < 1.29 is 0 Å². The molecule has 0 radical (unpaired) electrons. The molecule has 0 atom stereocenters. The van der Waals surface area contributed by atoms with E-state index in [1.807, 2.05) is 24.3 Å². The van der Waals surface area contributed by atoms with Crippen molar-refractivity contribution in [1.82, 2.24) is 10.4 Å². The summed E-state index contributed by atoms with van der Waals surface area (Å²) in [7, 11) is 0. The van der Waals surface area contributed by atoms with Gasteiger partial charge in [0.15, 0.2) is 5.11 Å². The van der Waals surface area contributed by atoms with Gasteiger partial charge in [-0.1, -0.05) is 28.1 Å². The van der Waals surface area contributed by atoms with E-state index in [1.165, 1.54) is 0 Å². The third-order valence-electron chi connectivity index (χ3n) is 2.13. The van der Waals surface area contributed by atoms with E-state index in [-0.39, 0.29) is 5.11 Å². The van der Waals surface area contributed by atoms with Crippen LogP contribution >= 0.6 is 28.1 Å². The van der Waals surface area contributed by atoms with E-state index in [1.54, 1.807) is 12.4 Å². The molecule has 2 aromatic rings. The summed E-state index contributed by atoms with van der Waals surface area (Å²) >= 11 is 8.14. The zero-order chi connectivity index (χ0) is 12.3. The number of thiocarbonyl (C=S) groups is 1. The predicted octanol–water partition coefficient (Wildman–Crippen LogP) is 2.16. The minimum Gasteiger partial charge on any atom is -0.375 e. The summed E-state index contributed by atoms with van der Waals surface area (Å²) in [6, 6.07) is 7.75. The van der Waals surface area contributed by atoms with Crippen molar-refractivity contribution in [2.24, 2.45) is 10.8 Å². The van der Waals surface area contributed by atoms with Crippen LogP contribution in [0.4, 0.5) is 0 Å². The predicted molar refractivity (Wildman–Crippen MR) is 77.0 cm³/mol. The third kappa shape index (κ3) is 2.78. The molecule has 0 saturated heterocycles. The summed E-state index contributed by atoms with van der Waals surface area (Å²) in [4.78, 5) is 4.33. The fraction of sp³-hybridized carbons (Fsp3) is 0. The molecular formula is C11H9BrN4S. The maximum Gasteiger partial charge on any atom is 0.184 e. The Labute approximate surface area is 112 Å². The van der Waals surface area contributed by atoms with Gasteiger partial charge in [0.2, 0.25) is 0 Å². The molecular weight excluding hydrogens is 300 g/mol. The minimum atomic E-state index is 0.135.